The molecule has 17 heteroatoms. The Morgan fingerprint density at radius 1 is 0.643 bits per heavy atom. The number of carbonyl (C=O) groups is 6. The van der Waals surface area contributed by atoms with Crippen molar-refractivity contribution >= 4 is 35.6 Å². The number of nitrogens with two attached hydrogens (primary N) is 1. The minimum absolute atomic E-state index is 0.0308. The lowest BCUT2D eigenvalue weighted by atomic mass is 10.1. The molecule has 0 aromatic rings. The van der Waals surface area contributed by atoms with Crippen molar-refractivity contribution in [3.63, 3.8) is 0 Å². The molecule has 0 aliphatic heterocycles. The van der Waals surface area contributed by atoms with Crippen molar-refractivity contribution in [2.24, 2.45) is 5.73 Å². The fourth-order valence-corrected chi connectivity index (χ4v) is 3.10. The van der Waals surface area contributed by atoms with Crippen LogP contribution in [-0.4, -0.2) is 130 Å². The summed E-state index contributed by atoms with van der Waals surface area (Å²) in [5.74, 6) is -3.73. The highest BCUT2D eigenvalue weighted by Crippen LogP contribution is 1.99. The van der Waals surface area contributed by atoms with Gasteiger partial charge in [-0.1, -0.05) is 0 Å². The molecule has 242 valence electrons. The highest BCUT2D eigenvalue weighted by Gasteiger charge is 2.19. The molecule has 4 amide bonds. The first kappa shape index (κ1) is 38.6. The smallest absolute Gasteiger partial charge is 0.326 e. The van der Waals surface area contributed by atoms with E-state index in [1.807, 2.05) is 0 Å². The first-order valence-corrected chi connectivity index (χ1v) is 13.6. The first-order chi connectivity index (χ1) is 20.0. The van der Waals surface area contributed by atoms with E-state index >= 15 is 0 Å². The van der Waals surface area contributed by atoms with Gasteiger partial charge in [-0.25, -0.2) is 4.79 Å². The van der Waals surface area contributed by atoms with E-state index < -0.39 is 29.9 Å². The number of aliphatic carboxylic acids is 2. The van der Waals surface area contributed by atoms with E-state index in [1.165, 1.54) is 6.92 Å². The predicted molar refractivity (Wildman–Crippen MR) is 146 cm³/mol. The van der Waals surface area contributed by atoms with Crippen LogP contribution < -0.4 is 27.0 Å². The second kappa shape index (κ2) is 25.3. The number of ether oxygens (including phenoxy) is 4. The summed E-state index contributed by atoms with van der Waals surface area (Å²) in [4.78, 5) is 67.7. The highest BCUT2D eigenvalue weighted by molar-refractivity contribution is 5.83. The molecule has 0 aliphatic carbocycles. The van der Waals surface area contributed by atoms with Crippen LogP contribution in [0.25, 0.3) is 0 Å². The molecule has 42 heavy (non-hydrogen) atoms. The first-order valence-electron chi connectivity index (χ1n) is 13.6. The second-order valence-corrected chi connectivity index (χ2v) is 8.95. The van der Waals surface area contributed by atoms with Crippen molar-refractivity contribution < 1.29 is 57.9 Å². The van der Waals surface area contributed by atoms with Crippen molar-refractivity contribution in [3.8, 4) is 0 Å². The molecule has 0 aromatic carbocycles. The summed E-state index contributed by atoms with van der Waals surface area (Å²) >= 11 is 0. The van der Waals surface area contributed by atoms with E-state index in [9.17, 15) is 28.8 Å². The molecule has 0 saturated heterocycles. The quantitative estimate of drug-likeness (QED) is 0.0472. The number of hydrogen-bond acceptors (Lipinski definition) is 11. The van der Waals surface area contributed by atoms with Crippen LogP contribution in [0.2, 0.25) is 0 Å². The molecule has 2 atom stereocenters. The highest BCUT2D eigenvalue weighted by atomic mass is 16.5. The number of carboxylic acid groups (broad SMARTS) is 2. The topological polar surface area (TPSA) is 254 Å². The van der Waals surface area contributed by atoms with Crippen LogP contribution in [0.5, 0.6) is 0 Å². The Bertz CT molecular complexity index is 830. The fourth-order valence-electron chi connectivity index (χ4n) is 3.10. The Labute approximate surface area is 244 Å². The molecule has 0 spiro atoms. The number of carboxylic acids is 2. The SMILES string of the molecule is CC(=O)N[C@@H](CCC(=O)NCCOCCOCC(=O)NCCOCCOCC(=O)NCCCC[C@H](N)C(=O)O)C(=O)O. The van der Waals surface area contributed by atoms with Crippen LogP contribution in [0, 0.1) is 0 Å². The van der Waals surface area contributed by atoms with Gasteiger partial charge in [0.2, 0.25) is 23.6 Å². The van der Waals surface area contributed by atoms with E-state index in [4.69, 9.17) is 34.9 Å². The third-order valence-electron chi connectivity index (χ3n) is 5.26. The van der Waals surface area contributed by atoms with Crippen molar-refractivity contribution in [1.82, 2.24) is 21.3 Å². The van der Waals surface area contributed by atoms with Gasteiger partial charge in [0.1, 0.15) is 25.3 Å². The van der Waals surface area contributed by atoms with Gasteiger partial charge < -0.3 is 56.2 Å². The monoisotopic (exact) mass is 607 g/mol. The summed E-state index contributed by atoms with van der Waals surface area (Å²) in [6.07, 6.45) is 1.46. The predicted octanol–water partition coefficient (Wildman–Crippen LogP) is -2.65. The van der Waals surface area contributed by atoms with E-state index in [1.54, 1.807) is 0 Å². The lowest BCUT2D eigenvalue weighted by molar-refractivity contribution is -0.142. The minimum atomic E-state index is -1.21. The molecule has 0 heterocycles. The Morgan fingerprint density at radius 2 is 1.14 bits per heavy atom. The molecule has 0 rings (SSSR count). The lowest BCUT2D eigenvalue weighted by Crippen LogP contribution is -2.40. The molecule has 0 bridgehead atoms. The number of unbranched alkanes of at least 4 members (excludes halogenated alkanes) is 1. The van der Waals surface area contributed by atoms with Crippen LogP contribution in [-0.2, 0) is 47.7 Å². The number of rotatable bonds is 27. The third-order valence-corrected chi connectivity index (χ3v) is 5.26. The van der Waals surface area contributed by atoms with Crippen LogP contribution in [0.3, 0.4) is 0 Å². The van der Waals surface area contributed by atoms with Gasteiger partial charge in [-0.2, -0.15) is 0 Å². The zero-order valence-corrected chi connectivity index (χ0v) is 24.0. The van der Waals surface area contributed by atoms with E-state index in [0.717, 1.165) is 0 Å². The zero-order chi connectivity index (χ0) is 31.6. The standard InChI is InChI=1S/C25H45N5O12/c1-18(31)30-20(25(37)38)5-6-21(32)28-8-10-39-12-15-42-17-23(34)29-9-11-40-13-14-41-16-22(33)27-7-3-2-4-19(26)24(35)36/h19-20H,2-17,26H2,1H3,(H,27,33)(H,28,32)(H,29,34)(H,30,31)(H,35,36)(H,37,38)/t19-,20-/m0/s1. The van der Waals surface area contributed by atoms with Gasteiger partial charge in [-0.05, 0) is 25.7 Å². The van der Waals surface area contributed by atoms with Gasteiger partial charge in [0.15, 0.2) is 0 Å². The molecule has 0 unspecified atom stereocenters. The molecule has 0 aromatic heterocycles. The van der Waals surface area contributed by atoms with Gasteiger partial charge in [-0.15, -0.1) is 0 Å². The average molecular weight is 608 g/mol. The van der Waals surface area contributed by atoms with Gasteiger partial charge in [0.05, 0.1) is 39.6 Å². The van der Waals surface area contributed by atoms with Crippen molar-refractivity contribution in [2.75, 3.05) is 72.5 Å². The summed E-state index contributed by atoms with van der Waals surface area (Å²) in [5, 5.41) is 27.8. The van der Waals surface area contributed by atoms with E-state index in [2.05, 4.69) is 21.3 Å². The van der Waals surface area contributed by atoms with Crippen molar-refractivity contribution in [1.29, 1.82) is 0 Å². The van der Waals surface area contributed by atoms with E-state index in [-0.39, 0.29) is 96.5 Å². The van der Waals surface area contributed by atoms with Crippen LogP contribution in [0.1, 0.15) is 39.0 Å². The van der Waals surface area contributed by atoms with Crippen molar-refractivity contribution in [3.05, 3.63) is 0 Å². The Hall–Kier alpha value is -3.38. The largest absolute Gasteiger partial charge is 0.480 e. The van der Waals surface area contributed by atoms with E-state index in [0.29, 0.717) is 25.8 Å². The Balaban J connectivity index is 3.51. The summed E-state index contributed by atoms with van der Waals surface area (Å²) < 4.78 is 21.0. The molecule has 0 aliphatic rings. The molecule has 17 nitrogen and oxygen atoms in total. The average Bonchev–Trinajstić information content (AvgIpc) is 2.93. The number of nitrogens with one attached hydrogen (secondary N) is 4. The number of amides is 4. The molecular formula is C25H45N5O12. The minimum Gasteiger partial charge on any atom is -0.480 e. The van der Waals surface area contributed by atoms with Crippen molar-refractivity contribution in [2.45, 2.75) is 51.1 Å². The van der Waals surface area contributed by atoms with Gasteiger partial charge >= 0.3 is 11.9 Å². The number of hydrogen-bond donors (Lipinski definition) is 7. The maximum absolute atomic E-state index is 11.8. The molecule has 0 saturated carbocycles. The summed E-state index contributed by atoms with van der Waals surface area (Å²) in [6.45, 7) is 3.06. The number of carbonyl (C=O) groups excluding carboxylic acids is 4. The molecule has 0 fully saturated rings. The Kier molecular flexibility index (Phi) is 23.3. The van der Waals surface area contributed by atoms with Crippen LogP contribution >= 0.6 is 0 Å². The fraction of sp³-hybridized carbons (Fsp3) is 0.760. The van der Waals surface area contributed by atoms with Crippen LogP contribution in [0.4, 0.5) is 0 Å². The molecule has 0 radical (unpaired) electrons. The molecular weight excluding hydrogens is 562 g/mol. The summed E-state index contributed by atoms with van der Waals surface area (Å²) in [5.41, 5.74) is 5.40. The second-order valence-electron chi connectivity index (χ2n) is 8.95. The maximum atomic E-state index is 11.8. The normalized spacial score (nSPS) is 12.1. The Morgan fingerprint density at radius 3 is 1.64 bits per heavy atom. The summed E-state index contributed by atoms with van der Waals surface area (Å²) in [6, 6.07) is -2.01. The van der Waals surface area contributed by atoms with Crippen LogP contribution in [0.15, 0.2) is 0 Å². The van der Waals surface area contributed by atoms with Gasteiger partial charge in [0.25, 0.3) is 0 Å². The maximum Gasteiger partial charge on any atom is 0.326 e. The van der Waals surface area contributed by atoms with Gasteiger partial charge in [0, 0.05) is 33.0 Å². The third kappa shape index (κ3) is 24.4. The zero-order valence-electron chi connectivity index (χ0n) is 24.0. The lowest BCUT2D eigenvalue weighted by Gasteiger charge is -2.13. The van der Waals surface area contributed by atoms with Gasteiger partial charge in [-0.3, -0.25) is 24.0 Å². The summed E-state index contributed by atoms with van der Waals surface area (Å²) in [7, 11) is 0. The molecule has 8 N–H and O–H groups in total.